The first-order chi connectivity index (χ1) is 12.0. The highest BCUT2D eigenvalue weighted by Gasteiger charge is 2.09. The third kappa shape index (κ3) is 4.07. The van der Waals surface area contributed by atoms with Crippen LogP contribution in [0.1, 0.15) is 21.7 Å². The number of amides is 1. The molecule has 0 aliphatic carbocycles. The van der Waals surface area contributed by atoms with Crippen molar-refractivity contribution in [1.82, 2.24) is 20.0 Å². The Labute approximate surface area is 149 Å². The number of aryl methyl sites for hydroxylation is 2. The molecule has 128 valence electrons. The Morgan fingerprint density at radius 2 is 1.92 bits per heavy atom. The number of hydrazine groups is 1. The molecule has 0 fully saturated rings. The van der Waals surface area contributed by atoms with Crippen LogP contribution in [0, 0.1) is 19.7 Å². The zero-order valence-electron chi connectivity index (χ0n) is 13.8. The highest BCUT2D eigenvalue weighted by molar-refractivity contribution is 7.97. The molecule has 5 nitrogen and oxygen atoms in total. The summed E-state index contributed by atoms with van der Waals surface area (Å²) in [4.78, 5) is 15.4. The maximum Gasteiger partial charge on any atom is 0.266 e. The fraction of sp³-hybridized carbons (Fsp3) is 0.111. The molecule has 0 unspecified atom stereocenters. The maximum absolute atomic E-state index is 13.5. The quantitative estimate of drug-likeness (QED) is 0.542. The SMILES string of the molecule is Cc1cc(C)n(-c2cccc(C(=O)NNSc3ccccc3F)c2)n1. The van der Waals surface area contributed by atoms with Gasteiger partial charge in [-0.25, -0.2) is 9.07 Å². The minimum atomic E-state index is -0.347. The molecule has 0 saturated carbocycles. The summed E-state index contributed by atoms with van der Waals surface area (Å²) in [5.41, 5.74) is 5.74. The zero-order chi connectivity index (χ0) is 17.8. The van der Waals surface area contributed by atoms with Gasteiger partial charge in [0.2, 0.25) is 0 Å². The second-order valence-electron chi connectivity index (χ2n) is 5.48. The van der Waals surface area contributed by atoms with Gasteiger partial charge in [0, 0.05) is 11.3 Å². The first kappa shape index (κ1) is 17.2. The summed E-state index contributed by atoms with van der Waals surface area (Å²) in [7, 11) is 0. The predicted molar refractivity (Wildman–Crippen MR) is 95.9 cm³/mol. The molecule has 0 saturated heterocycles. The van der Waals surface area contributed by atoms with Crippen LogP contribution in [0.2, 0.25) is 0 Å². The molecule has 7 heteroatoms. The molecule has 3 aromatic rings. The minimum absolute atomic E-state index is 0.313. The van der Waals surface area contributed by atoms with E-state index in [1.807, 2.05) is 26.0 Å². The summed E-state index contributed by atoms with van der Waals surface area (Å²) in [5.74, 6) is -0.659. The zero-order valence-corrected chi connectivity index (χ0v) is 14.6. The van der Waals surface area contributed by atoms with E-state index in [2.05, 4.69) is 15.4 Å². The molecule has 2 N–H and O–H groups in total. The van der Waals surface area contributed by atoms with E-state index in [1.54, 1.807) is 41.1 Å². The lowest BCUT2D eigenvalue weighted by atomic mass is 10.2. The molecule has 2 aromatic carbocycles. The van der Waals surface area contributed by atoms with Crippen LogP contribution in [-0.4, -0.2) is 15.7 Å². The summed E-state index contributed by atoms with van der Waals surface area (Å²) in [6, 6.07) is 15.5. The van der Waals surface area contributed by atoms with Crippen LogP contribution in [0.15, 0.2) is 59.5 Å². The molecular formula is C18H17FN4OS. The number of aromatic nitrogens is 2. The topological polar surface area (TPSA) is 59.0 Å². The molecule has 1 aromatic heterocycles. The number of carbonyl (C=O) groups is 1. The van der Waals surface area contributed by atoms with Crippen LogP contribution in [0.4, 0.5) is 4.39 Å². The molecule has 0 aliphatic rings. The average Bonchev–Trinajstić information content (AvgIpc) is 2.95. The highest BCUT2D eigenvalue weighted by atomic mass is 32.2. The largest absolute Gasteiger partial charge is 0.277 e. The normalized spacial score (nSPS) is 10.7. The van der Waals surface area contributed by atoms with Crippen molar-refractivity contribution < 1.29 is 9.18 Å². The van der Waals surface area contributed by atoms with Gasteiger partial charge < -0.3 is 0 Å². The first-order valence-corrected chi connectivity index (χ1v) is 8.46. The van der Waals surface area contributed by atoms with Crippen molar-refractivity contribution in [2.45, 2.75) is 18.7 Å². The molecule has 0 aliphatic heterocycles. The van der Waals surface area contributed by atoms with E-state index in [1.165, 1.54) is 6.07 Å². The van der Waals surface area contributed by atoms with Gasteiger partial charge in [0.1, 0.15) is 5.82 Å². The fourth-order valence-electron chi connectivity index (χ4n) is 2.40. The second-order valence-corrected chi connectivity index (χ2v) is 6.33. The summed E-state index contributed by atoms with van der Waals surface area (Å²) >= 11 is 1.00. The summed E-state index contributed by atoms with van der Waals surface area (Å²) in [6.45, 7) is 3.88. The number of benzene rings is 2. The average molecular weight is 356 g/mol. The Bertz CT molecular complexity index is 910. The Morgan fingerprint density at radius 1 is 1.12 bits per heavy atom. The smallest absolute Gasteiger partial charge is 0.266 e. The molecule has 1 amide bonds. The van der Waals surface area contributed by atoms with Gasteiger partial charge in [-0.05, 0) is 62.2 Å². The Hall–Kier alpha value is -2.64. The van der Waals surface area contributed by atoms with Crippen molar-refractivity contribution in [2.24, 2.45) is 0 Å². The van der Waals surface area contributed by atoms with Gasteiger partial charge in [-0.15, -0.1) is 0 Å². The van der Waals surface area contributed by atoms with Crippen molar-refractivity contribution in [2.75, 3.05) is 0 Å². The molecule has 25 heavy (non-hydrogen) atoms. The van der Waals surface area contributed by atoms with Crippen molar-refractivity contribution in [3.8, 4) is 5.69 Å². The van der Waals surface area contributed by atoms with Crippen LogP contribution in [0.5, 0.6) is 0 Å². The van der Waals surface area contributed by atoms with E-state index in [0.717, 1.165) is 29.0 Å². The number of hydrogen-bond acceptors (Lipinski definition) is 4. The van der Waals surface area contributed by atoms with E-state index < -0.39 is 0 Å². The first-order valence-electron chi connectivity index (χ1n) is 7.65. The maximum atomic E-state index is 13.5. The van der Waals surface area contributed by atoms with E-state index in [9.17, 15) is 9.18 Å². The summed E-state index contributed by atoms with van der Waals surface area (Å²) in [6.07, 6.45) is 0. The fourth-order valence-corrected chi connectivity index (χ4v) is 2.96. The number of rotatable bonds is 5. The number of carbonyl (C=O) groups excluding carboxylic acids is 1. The third-order valence-electron chi connectivity index (χ3n) is 3.52. The van der Waals surface area contributed by atoms with Gasteiger partial charge in [0.25, 0.3) is 5.91 Å². The Kier molecular flexibility index (Phi) is 5.16. The lowest BCUT2D eigenvalue weighted by molar-refractivity contribution is 0.0947. The second kappa shape index (κ2) is 7.50. The molecule has 0 atom stereocenters. The van der Waals surface area contributed by atoms with Gasteiger partial charge in [-0.2, -0.15) is 9.93 Å². The van der Waals surface area contributed by atoms with E-state index in [0.29, 0.717) is 10.5 Å². The summed E-state index contributed by atoms with van der Waals surface area (Å²) < 4.78 is 15.3. The van der Waals surface area contributed by atoms with Crippen LogP contribution < -0.4 is 10.3 Å². The van der Waals surface area contributed by atoms with Gasteiger partial charge in [0.15, 0.2) is 0 Å². The lowest BCUT2D eigenvalue weighted by Crippen LogP contribution is -2.32. The standard InChI is InChI=1S/C18H17FN4OS/c1-12-10-13(2)23(21-12)15-7-5-6-14(11-15)18(24)20-22-25-17-9-4-3-8-16(17)19/h3-11,22H,1-2H3,(H,20,24). The predicted octanol–water partition coefficient (Wildman–Crippen LogP) is 3.57. The molecule has 0 radical (unpaired) electrons. The highest BCUT2D eigenvalue weighted by Crippen LogP contribution is 2.17. The molecule has 3 rings (SSSR count). The van der Waals surface area contributed by atoms with Gasteiger partial charge in [-0.3, -0.25) is 10.2 Å². The van der Waals surface area contributed by atoms with Crippen molar-refractivity contribution in [3.05, 3.63) is 77.4 Å². The van der Waals surface area contributed by atoms with Crippen LogP contribution in [-0.2, 0) is 0 Å². The Morgan fingerprint density at radius 3 is 2.64 bits per heavy atom. The van der Waals surface area contributed by atoms with E-state index >= 15 is 0 Å². The van der Waals surface area contributed by atoms with Gasteiger partial charge in [-0.1, -0.05) is 18.2 Å². The lowest BCUT2D eigenvalue weighted by Gasteiger charge is -2.09. The van der Waals surface area contributed by atoms with Crippen LogP contribution in [0.25, 0.3) is 5.69 Å². The van der Waals surface area contributed by atoms with Gasteiger partial charge in [0.05, 0.1) is 16.3 Å². The number of hydrogen-bond donors (Lipinski definition) is 2. The molecule has 0 bridgehead atoms. The number of halogens is 1. The van der Waals surface area contributed by atoms with Crippen molar-refractivity contribution >= 4 is 17.9 Å². The van der Waals surface area contributed by atoms with Crippen molar-refractivity contribution in [3.63, 3.8) is 0 Å². The van der Waals surface area contributed by atoms with E-state index in [-0.39, 0.29) is 11.7 Å². The Balaban J connectivity index is 1.67. The minimum Gasteiger partial charge on any atom is -0.277 e. The van der Waals surface area contributed by atoms with Crippen molar-refractivity contribution in [1.29, 1.82) is 0 Å². The monoisotopic (exact) mass is 356 g/mol. The number of nitrogens with one attached hydrogen (secondary N) is 2. The number of nitrogens with zero attached hydrogens (tertiary/aromatic N) is 2. The molecule has 1 heterocycles. The van der Waals surface area contributed by atoms with Gasteiger partial charge >= 0.3 is 0 Å². The third-order valence-corrected chi connectivity index (χ3v) is 4.28. The van der Waals surface area contributed by atoms with E-state index in [4.69, 9.17) is 0 Å². The van der Waals surface area contributed by atoms with Crippen LogP contribution in [0.3, 0.4) is 0 Å². The molecule has 0 spiro atoms. The summed E-state index contributed by atoms with van der Waals surface area (Å²) in [5, 5.41) is 4.42. The van der Waals surface area contributed by atoms with Crippen LogP contribution >= 0.6 is 11.9 Å². The molecular weight excluding hydrogens is 339 g/mol.